The van der Waals surface area contributed by atoms with Crippen molar-refractivity contribution in [3.05, 3.63) is 43.3 Å². The Balaban J connectivity index is 3.00. The van der Waals surface area contributed by atoms with Crippen LogP contribution >= 0.6 is 22.6 Å². The summed E-state index contributed by atoms with van der Waals surface area (Å²) >= 11 is 1.73. The Hall–Kier alpha value is -1.18. The Labute approximate surface area is 112 Å². The number of allylic oxidation sites excluding steroid dienone is 1. The molecule has 0 amide bonds. The van der Waals surface area contributed by atoms with E-state index in [0.717, 1.165) is 11.6 Å². The van der Waals surface area contributed by atoms with Crippen LogP contribution in [0.5, 0.6) is 0 Å². The van der Waals surface area contributed by atoms with E-state index in [1.807, 2.05) is 19.9 Å². The lowest BCUT2D eigenvalue weighted by atomic mass is 10.2. The molecule has 0 saturated carbocycles. The molecule has 0 spiro atoms. The van der Waals surface area contributed by atoms with E-state index in [4.69, 9.17) is 0 Å². The lowest BCUT2D eigenvalue weighted by molar-refractivity contribution is -0.384. The van der Waals surface area contributed by atoms with E-state index in [9.17, 15) is 14.5 Å². The largest absolute Gasteiger partial charge is 0.376 e. The molecule has 0 aliphatic heterocycles. The lowest BCUT2D eigenvalue weighted by Gasteiger charge is -2.06. The van der Waals surface area contributed by atoms with Gasteiger partial charge in [0.25, 0.3) is 5.69 Å². The molecule has 0 bridgehead atoms. The molecule has 0 aliphatic carbocycles. The Morgan fingerprint density at radius 1 is 1.59 bits per heavy atom. The molecule has 0 unspecified atom stereocenters. The summed E-state index contributed by atoms with van der Waals surface area (Å²) in [6, 6.07) is 2.37. The predicted molar refractivity (Wildman–Crippen MR) is 73.7 cm³/mol. The standard InChI is InChI=1S/C11H12FIN2O2/c1-7(2)3-4-14-10-5-8(12)9(13)6-11(10)15(16)17/h3,5-6,14H,4H2,1-2H3. The second kappa shape index (κ2) is 5.95. The molecular weight excluding hydrogens is 338 g/mol. The third-order valence-corrected chi connectivity index (χ3v) is 2.86. The fourth-order valence-corrected chi connectivity index (χ4v) is 1.64. The summed E-state index contributed by atoms with van der Waals surface area (Å²) in [4.78, 5) is 10.3. The molecule has 0 aromatic heterocycles. The van der Waals surface area contributed by atoms with Crippen LogP contribution in [0.2, 0.25) is 0 Å². The third kappa shape index (κ3) is 3.95. The molecule has 1 aromatic rings. The molecule has 0 saturated heterocycles. The van der Waals surface area contributed by atoms with Crippen LogP contribution in [0.15, 0.2) is 23.8 Å². The van der Waals surface area contributed by atoms with Gasteiger partial charge in [-0.05, 0) is 36.4 Å². The van der Waals surface area contributed by atoms with Crippen molar-refractivity contribution in [2.75, 3.05) is 11.9 Å². The number of nitro benzene ring substituents is 1. The molecule has 0 heterocycles. The first-order chi connectivity index (χ1) is 7.91. The Morgan fingerprint density at radius 2 is 2.24 bits per heavy atom. The highest BCUT2D eigenvalue weighted by molar-refractivity contribution is 14.1. The maximum atomic E-state index is 13.3. The van der Waals surface area contributed by atoms with Crippen molar-refractivity contribution in [3.8, 4) is 0 Å². The summed E-state index contributed by atoms with van der Waals surface area (Å²) in [5.74, 6) is -0.462. The van der Waals surface area contributed by atoms with Gasteiger partial charge in [0.15, 0.2) is 0 Å². The minimum absolute atomic E-state index is 0.113. The van der Waals surface area contributed by atoms with Crippen molar-refractivity contribution in [2.45, 2.75) is 13.8 Å². The van der Waals surface area contributed by atoms with Gasteiger partial charge in [0.2, 0.25) is 0 Å². The molecule has 0 fully saturated rings. The van der Waals surface area contributed by atoms with E-state index in [2.05, 4.69) is 5.32 Å². The maximum absolute atomic E-state index is 13.3. The fourth-order valence-electron chi connectivity index (χ4n) is 1.19. The van der Waals surface area contributed by atoms with Gasteiger partial charge >= 0.3 is 0 Å². The smallest absolute Gasteiger partial charge is 0.293 e. The molecule has 1 aromatic carbocycles. The number of rotatable bonds is 4. The average molecular weight is 350 g/mol. The van der Waals surface area contributed by atoms with E-state index in [1.54, 1.807) is 22.6 Å². The third-order valence-electron chi connectivity index (χ3n) is 2.04. The Morgan fingerprint density at radius 3 is 2.76 bits per heavy atom. The molecule has 0 radical (unpaired) electrons. The van der Waals surface area contributed by atoms with Gasteiger partial charge in [0.05, 0.1) is 8.49 Å². The van der Waals surface area contributed by atoms with Crippen LogP contribution in [0.25, 0.3) is 0 Å². The number of nitrogens with one attached hydrogen (secondary N) is 1. The van der Waals surface area contributed by atoms with Gasteiger partial charge in [0, 0.05) is 18.7 Å². The van der Waals surface area contributed by atoms with Crippen molar-refractivity contribution < 1.29 is 9.31 Å². The van der Waals surface area contributed by atoms with Crippen molar-refractivity contribution in [1.82, 2.24) is 0 Å². The zero-order valence-corrected chi connectivity index (χ0v) is 11.6. The van der Waals surface area contributed by atoms with Crippen LogP contribution in [0.1, 0.15) is 13.8 Å². The SMILES string of the molecule is CC(C)=CCNc1cc(F)c(I)cc1[N+](=O)[O-]. The highest BCUT2D eigenvalue weighted by Gasteiger charge is 2.16. The molecule has 0 atom stereocenters. The fraction of sp³-hybridized carbons (Fsp3) is 0.273. The van der Waals surface area contributed by atoms with E-state index in [0.29, 0.717) is 6.54 Å². The van der Waals surface area contributed by atoms with Gasteiger partial charge in [-0.2, -0.15) is 0 Å². The predicted octanol–water partition coefficient (Wildman–Crippen LogP) is 3.72. The summed E-state index contributed by atoms with van der Waals surface area (Å²) in [6.07, 6.45) is 1.87. The summed E-state index contributed by atoms with van der Waals surface area (Å²) in [7, 11) is 0. The Bertz CT molecular complexity index is 471. The van der Waals surface area contributed by atoms with Crippen LogP contribution in [-0.4, -0.2) is 11.5 Å². The molecule has 0 aliphatic rings. The highest BCUT2D eigenvalue weighted by atomic mass is 127. The average Bonchev–Trinajstić information content (AvgIpc) is 2.22. The molecule has 1 rings (SSSR count). The second-order valence-corrected chi connectivity index (χ2v) is 4.87. The minimum Gasteiger partial charge on any atom is -0.376 e. The maximum Gasteiger partial charge on any atom is 0.293 e. The Kier molecular flexibility index (Phi) is 4.86. The summed E-state index contributed by atoms with van der Waals surface area (Å²) in [5.41, 5.74) is 1.18. The van der Waals surface area contributed by atoms with Gasteiger partial charge in [-0.15, -0.1) is 0 Å². The van der Waals surface area contributed by atoms with E-state index < -0.39 is 10.7 Å². The summed E-state index contributed by atoms with van der Waals surface area (Å²) in [6.45, 7) is 4.28. The first kappa shape index (κ1) is 13.9. The minimum atomic E-state index is -0.521. The van der Waals surface area contributed by atoms with Crippen LogP contribution in [-0.2, 0) is 0 Å². The van der Waals surface area contributed by atoms with Gasteiger partial charge in [0.1, 0.15) is 11.5 Å². The zero-order valence-electron chi connectivity index (χ0n) is 9.46. The van der Waals surface area contributed by atoms with Crippen LogP contribution in [0.4, 0.5) is 15.8 Å². The van der Waals surface area contributed by atoms with E-state index in [1.165, 1.54) is 6.07 Å². The topological polar surface area (TPSA) is 55.2 Å². The van der Waals surface area contributed by atoms with Gasteiger partial charge in [-0.25, -0.2) is 4.39 Å². The summed E-state index contributed by atoms with van der Waals surface area (Å²) in [5, 5.41) is 13.6. The zero-order chi connectivity index (χ0) is 13.0. The number of hydrogen-bond acceptors (Lipinski definition) is 3. The van der Waals surface area contributed by atoms with Crippen molar-refractivity contribution in [3.63, 3.8) is 0 Å². The number of nitro groups is 1. The van der Waals surface area contributed by atoms with Gasteiger partial charge in [-0.3, -0.25) is 10.1 Å². The van der Waals surface area contributed by atoms with Gasteiger partial charge in [-0.1, -0.05) is 11.6 Å². The number of anilines is 1. The molecule has 92 valence electrons. The molecule has 4 nitrogen and oxygen atoms in total. The summed E-state index contributed by atoms with van der Waals surface area (Å²) < 4.78 is 13.6. The van der Waals surface area contributed by atoms with E-state index in [-0.39, 0.29) is 14.9 Å². The highest BCUT2D eigenvalue weighted by Crippen LogP contribution is 2.28. The second-order valence-electron chi connectivity index (χ2n) is 3.70. The van der Waals surface area contributed by atoms with Crippen LogP contribution < -0.4 is 5.32 Å². The van der Waals surface area contributed by atoms with Crippen molar-refractivity contribution in [2.24, 2.45) is 0 Å². The lowest BCUT2D eigenvalue weighted by Crippen LogP contribution is -2.04. The monoisotopic (exact) mass is 350 g/mol. The molecule has 17 heavy (non-hydrogen) atoms. The molecule has 1 N–H and O–H groups in total. The normalized spacial score (nSPS) is 9.88. The van der Waals surface area contributed by atoms with Gasteiger partial charge < -0.3 is 5.32 Å². The number of hydrogen-bond donors (Lipinski definition) is 1. The van der Waals surface area contributed by atoms with Crippen LogP contribution in [0, 0.1) is 19.5 Å². The van der Waals surface area contributed by atoms with Crippen LogP contribution in [0.3, 0.4) is 0 Å². The number of halogens is 2. The first-order valence-corrected chi connectivity index (χ1v) is 6.00. The molecule has 6 heteroatoms. The van der Waals surface area contributed by atoms with Crippen molar-refractivity contribution >= 4 is 34.0 Å². The van der Waals surface area contributed by atoms with E-state index >= 15 is 0 Å². The number of nitrogens with zero attached hydrogens (tertiary/aromatic N) is 1. The van der Waals surface area contributed by atoms with Crippen molar-refractivity contribution in [1.29, 1.82) is 0 Å². The first-order valence-electron chi connectivity index (χ1n) is 4.92. The quantitative estimate of drug-likeness (QED) is 0.390. The molecular formula is C11H12FIN2O2. The number of benzene rings is 1.